The van der Waals surface area contributed by atoms with E-state index in [1.807, 2.05) is 6.07 Å². The number of hydrogen-bond acceptors (Lipinski definition) is 2. The van der Waals surface area contributed by atoms with Crippen molar-refractivity contribution >= 4 is 11.6 Å². The fourth-order valence-corrected chi connectivity index (χ4v) is 2.57. The summed E-state index contributed by atoms with van der Waals surface area (Å²) in [4.78, 5) is 2.34. The van der Waals surface area contributed by atoms with E-state index in [1.165, 1.54) is 6.07 Å². The van der Waals surface area contributed by atoms with Crippen LogP contribution in [0.1, 0.15) is 17.9 Å². The van der Waals surface area contributed by atoms with Gasteiger partial charge in [0.2, 0.25) is 0 Å². The highest BCUT2D eigenvalue weighted by Crippen LogP contribution is 2.29. The van der Waals surface area contributed by atoms with Gasteiger partial charge in [0.15, 0.2) is 0 Å². The Hall–Kier alpha value is -0.640. The van der Waals surface area contributed by atoms with E-state index in [9.17, 15) is 4.39 Å². The van der Waals surface area contributed by atoms with Gasteiger partial charge in [-0.1, -0.05) is 11.6 Å². The van der Waals surface area contributed by atoms with Gasteiger partial charge in [-0.2, -0.15) is 0 Å². The summed E-state index contributed by atoms with van der Waals surface area (Å²) in [5, 5.41) is 0.482. The summed E-state index contributed by atoms with van der Waals surface area (Å²) in [5.74, 6) is 0.142. The maximum atomic E-state index is 13.3. The monoisotopic (exact) mass is 257 g/mol. The summed E-state index contributed by atoms with van der Waals surface area (Å²) in [6.07, 6.45) is 1.06. The van der Waals surface area contributed by atoms with Crippen LogP contribution in [0.2, 0.25) is 5.02 Å². The molecule has 0 spiro atoms. The Morgan fingerprint density at radius 3 is 3.00 bits per heavy atom. The van der Waals surface area contributed by atoms with Crippen molar-refractivity contribution in [2.75, 3.05) is 33.4 Å². The minimum Gasteiger partial charge on any atom is -0.383 e. The molecule has 1 aromatic carbocycles. The summed E-state index contributed by atoms with van der Waals surface area (Å²) >= 11 is 5.87. The van der Waals surface area contributed by atoms with Gasteiger partial charge in [0.1, 0.15) is 5.82 Å². The molecule has 17 heavy (non-hydrogen) atoms. The molecule has 94 valence electrons. The quantitative estimate of drug-likeness (QED) is 0.822. The Bertz CT molecular complexity index is 365. The Kier molecular flexibility index (Phi) is 4.37. The number of halogens is 2. The molecule has 1 saturated heterocycles. The van der Waals surface area contributed by atoms with Crippen molar-refractivity contribution < 1.29 is 9.13 Å². The first-order valence-electron chi connectivity index (χ1n) is 5.86. The fraction of sp³-hybridized carbons (Fsp3) is 0.538. The molecule has 1 aliphatic heterocycles. The minimum atomic E-state index is -0.247. The van der Waals surface area contributed by atoms with Gasteiger partial charge in [-0.25, -0.2) is 4.39 Å². The number of benzene rings is 1. The zero-order valence-electron chi connectivity index (χ0n) is 9.96. The standard InChI is InChI=1S/C13H17ClFNO/c1-17-5-4-16-3-2-10(9-16)11-6-12(14)8-13(15)7-11/h6-8,10H,2-5,9H2,1H3/t10-/m0/s1. The van der Waals surface area contributed by atoms with Gasteiger partial charge in [-0.15, -0.1) is 0 Å². The topological polar surface area (TPSA) is 12.5 Å². The summed E-state index contributed by atoms with van der Waals surface area (Å²) < 4.78 is 18.3. The van der Waals surface area contributed by atoms with Crippen LogP contribution in [0.4, 0.5) is 4.39 Å². The number of rotatable bonds is 4. The first-order valence-corrected chi connectivity index (χ1v) is 6.24. The molecule has 0 unspecified atom stereocenters. The molecule has 0 amide bonds. The largest absolute Gasteiger partial charge is 0.383 e. The first-order chi connectivity index (χ1) is 8.19. The third-order valence-corrected chi connectivity index (χ3v) is 3.46. The summed E-state index contributed by atoms with van der Waals surface area (Å²) in [6.45, 7) is 3.69. The predicted octanol–water partition coefficient (Wildman–Crippen LogP) is 2.91. The second kappa shape index (κ2) is 5.80. The van der Waals surface area contributed by atoms with Crippen LogP contribution < -0.4 is 0 Å². The van der Waals surface area contributed by atoms with Crippen LogP contribution in [0.25, 0.3) is 0 Å². The second-order valence-corrected chi connectivity index (χ2v) is 4.92. The Morgan fingerprint density at radius 2 is 2.29 bits per heavy atom. The first kappa shape index (κ1) is 12.8. The van der Waals surface area contributed by atoms with Crippen molar-refractivity contribution in [1.82, 2.24) is 4.90 Å². The molecule has 0 aliphatic carbocycles. The van der Waals surface area contributed by atoms with Crippen LogP contribution in [0.3, 0.4) is 0 Å². The molecule has 1 atom stereocenters. The van der Waals surface area contributed by atoms with Gasteiger partial charge in [-0.3, -0.25) is 0 Å². The van der Waals surface area contributed by atoms with Gasteiger partial charge < -0.3 is 9.64 Å². The van der Waals surface area contributed by atoms with E-state index in [0.29, 0.717) is 10.9 Å². The van der Waals surface area contributed by atoms with E-state index in [2.05, 4.69) is 4.90 Å². The average Bonchev–Trinajstić information content (AvgIpc) is 2.73. The van der Waals surface area contributed by atoms with Crippen LogP contribution >= 0.6 is 11.6 Å². The number of ether oxygens (including phenoxy) is 1. The average molecular weight is 258 g/mol. The van der Waals surface area contributed by atoms with Crippen molar-refractivity contribution in [3.63, 3.8) is 0 Å². The maximum absolute atomic E-state index is 13.3. The minimum absolute atomic E-state index is 0.247. The molecule has 0 N–H and O–H groups in total. The molecule has 2 rings (SSSR count). The fourth-order valence-electron chi connectivity index (χ4n) is 2.34. The van der Waals surface area contributed by atoms with Gasteiger partial charge in [-0.05, 0) is 42.6 Å². The number of methoxy groups -OCH3 is 1. The molecule has 0 saturated carbocycles. The number of nitrogens with zero attached hydrogens (tertiary/aromatic N) is 1. The van der Waals surface area contributed by atoms with Gasteiger partial charge in [0.25, 0.3) is 0 Å². The third kappa shape index (κ3) is 3.41. The van der Waals surface area contributed by atoms with E-state index in [1.54, 1.807) is 13.2 Å². The highest BCUT2D eigenvalue weighted by Gasteiger charge is 2.23. The van der Waals surface area contributed by atoms with Gasteiger partial charge >= 0.3 is 0 Å². The lowest BCUT2D eigenvalue weighted by Gasteiger charge is -2.15. The lowest BCUT2D eigenvalue weighted by molar-refractivity contribution is 0.160. The zero-order valence-corrected chi connectivity index (χ0v) is 10.7. The number of hydrogen-bond donors (Lipinski definition) is 0. The van der Waals surface area contributed by atoms with E-state index in [-0.39, 0.29) is 5.82 Å². The Balaban J connectivity index is 1.99. The second-order valence-electron chi connectivity index (χ2n) is 4.48. The molecule has 0 bridgehead atoms. The van der Waals surface area contributed by atoms with Gasteiger partial charge in [0, 0.05) is 25.2 Å². The Labute approximate surface area is 106 Å². The van der Waals surface area contributed by atoms with Crippen LogP contribution in [-0.4, -0.2) is 38.3 Å². The van der Waals surface area contributed by atoms with Crippen LogP contribution in [-0.2, 0) is 4.74 Å². The van der Waals surface area contributed by atoms with Crippen molar-refractivity contribution in [3.05, 3.63) is 34.6 Å². The maximum Gasteiger partial charge on any atom is 0.124 e. The molecule has 4 heteroatoms. The zero-order chi connectivity index (χ0) is 12.3. The van der Waals surface area contributed by atoms with Crippen LogP contribution in [0.15, 0.2) is 18.2 Å². The summed E-state index contributed by atoms with van der Waals surface area (Å²) in [6, 6.07) is 4.81. The molecule has 2 nitrogen and oxygen atoms in total. The van der Waals surface area contributed by atoms with E-state index in [4.69, 9.17) is 16.3 Å². The third-order valence-electron chi connectivity index (χ3n) is 3.24. The highest BCUT2D eigenvalue weighted by molar-refractivity contribution is 6.30. The van der Waals surface area contributed by atoms with E-state index >= 15 is 0 Å². The molecular weight excluding hydrogens is 241 g/mol. The van der Waals surface area contributed by atoms with Crippen LogP contribution in [0, 0.1) is 5.82 Å². The smallest absolute Gasteiger partial charge is 0.124 e. The highest BCUT2D eigenvalue weighted by atomic mass is 35.5. The summed E-state index contributed by atoms with van der Waals surface area (Å²) in [7, 11) is 1.71. The molecule has 1 heterocycles. The van der Waals surface area contributed by atoms with Crippen molar-refractivity contribution in [1.29, 1.82) is 0 Å². The molecule has 0 radical (unpaired) electrons. The molecule has 1 aromatic rings. The number of likely N-dealkylation sites (tertiary alicyclic amines) is 1. The van der Waals surface area contributed by atoms with Crippen molar-refractivity contribution in [2.24, 2.45) is 0 Å². The molecule has 0 aromatic heterocycles. The lowest BCUT2D eigenvalue weighted by Crippen LogP contribution is -2.24. The molecule has 1 aliphatic rings. The van der Waals surface area contributed by atoms with Gasteiger partial charge in [0.05, 0.1) is 6.61 Å². The molecular formula is C13H17ClFNO. The van der Waals surface area contributed by atoms with Crippen molar-refractivity contribution in [3.8, 4) is 0 Å². The predicted molar refractivity (Wildman–Crippen MR) is 67.1 cm³/mol. The van der Waals surface area contributed by atoms with Crippen LogP contribution in [0.5, 0.6) is 0 Å². The van der Waals surface area contributed by atoms with Crippen molar-refractivity contribution in [2.45, 2.75) is 12.3 Å². The Morgan fingerprint density at radius 1 is 1.47 bits per heavy atom. The molecule has 1 fully saturated rings. The SMILES string of the molecule is COCCN1CC[C@H](c2cc(F)cc(Cl)c2)C1. The summed E-state index contributed by atoms with van der Waals surface area (Å²) in [5.41, 5.74) is 1.01. The van der Waals surface area contributed by atoms with E-state index in [0.717, 1.165) is 38.2 Å². The normalized spacial score (nSPS) is 21.0. The van der Waals surface area contributed by atoms with E-state index < -0.39 is 0 Å². The lowest BCUT2D eigenvalue weighted by atomic mass is 9.98.